The molecular weight excluding hydrogens is 320 g/mol. The normalized spacial score (nSPS) is 11.4. The van der Waals surface area contributed by atoms with E-state index < -0.39 is 29.4 Å². The van der Waals surface area contributed by atoms with E-state index in [9.17, 15) is 19.7 Å². The van der Waals surface area contributed by atoms with Crippen molar-refractivity contribution in [2.75, 3.05) is 13.7 Å². The van der Waals surface area contributed by atoms with Crippen LogP contribution < -0.4 is 14.8 Å². The lowest BCUT2D eigenvalue weighted by Crippen LogP contribution is -2.42. The first-order chi connectivity index (χ1) is 11.4. The van der Waals surface area contributed by atoms with Gasteiger partial charge in [0.05, 0.1) is 12.0 Å². The Balaban J connectivity index is 2.63. The number of nitrogens with zero attached hydrogens (tertiary/aromatic N) is 1. The van der Waals surface area contributed by atoms with E-state index in [2.05, 4.69) is 5.32 Å². The third-order valence-corrected chi connectivity index (χ3v) is 3.20. The number of amides is 1. The van der Waals surface area contributed by atoms with Gasteiger partial charge >= 0.3 is 11.7 Å². The number of methoxy groups -OCH3 is 1. The minimum absolute atomic E-state index is 0.00395. The zero-order chi connectivity index (χ0) is 18.1. The monoisotopic (exact) mass is 340 g/mol. The second-order valence-electron chi connectivity index (χ2n) is 4.98. The Bertz CT molecular complexity index is 603. The summed E-state index contributed by atoms with van der Waals surface area (Å²) < 4.78 is 10.1. The molecule has 9 heteroatoms. The zero-order valence-electron chi connectivity index (χ0n) is 13.5. The molecular formula is C15H20N2O7. The van der Waals surface area contributed by atoms with Crippen molar-refractivity contribution in [3.8, 4) is 11.5 Å². The molecule has 0 aliphatic heterocycles. The van der Waals surface area contributed by atoms with Crippen LogP contribution >= 0.6 is 0 Å². The van der Waals surface area contributed by atoms with Crippen LogP contribution in [0, 0.1) is 10.1 Å². The lowest BCUT2D eigenvalue weighted by Gasteiger charge is -2.14. The highest BCUT2D eigenvalue weighted by Crippen LogP contribution is 2.30. The van der Waals surface area contributed by atoms with Crippen LogP contribution in [0.3, 0.4) is 0 Å². The summed E-state index contributed by atoms with van der Waals surface area (Å²) in [6.07, 6.45) is 1.83. The highest BCUT2D eigenvalue weighted by molar-refractivity contribution is 5.84. The number of aliphatic carboxylic acids is 1. The molecule has 0 radical (unpaired) electrons. The molecule has 9 nitrogen and oxygen atoms in total. The van der Waals surface area contributed by atoms with Crippen molar-refractivity contribution in [1.82, 2.24) is 5.32 Å². The lowest BCUT2D eigenvalue weighted by molar-refractivity contribution is -0.385. The van der Waals surface area contributed by atoms with Gasteiger partial charge in [-0.1, -0.05) is 19.8 Å². The predicted octanol–water partition coefficient (Wildman–Crippen LogP) is 1.74. The first kappa shape index (κ1) is 19.2. The Hall–Kier alpha value is -2.84. The summed E-state index contributed by atoms with van der Waals surface area (Å²) in [5, 5.41) is 22.2. The van der Waals surface area contributed by atoms with E-state index in [0.29, 0.717) is 12.8 Å². The molecule has 2 N–H and O–H groups in total. The highest BCUT2D eigenvalue weighted by Gasteiger charge is 2.20. The minimum Gasteiger partial charge on any atom is -0.490 e. The van der Waals surface area contributed by atoms with E-state index in [1.165, 1.54) is 25.3 Å². The number of benzene rings is 1. The molecule has 0 saturated carbocycles. The number of carbonyl (C=O) groups excluding carboxylic acids is 1. The van der Waals surface area contributed by atoms with Gasteiger partial charge < -0.3 is 19.9 Å². The number of unbranched alkanes of at least 4 members (excludes halogenated alkanes) is 1. The molecule has 0 aromatic heterocycles. The second-order valence-corrected chi connectivity index (χ2v) is 4.98. The summed E-state index contributed by atoms with van der Waals surface area (Å²) in [5.74, 6) is -1.48. The number of nitro benzene ring substituents is 1. The maximum absolute atomic E-state index is 11.8. The van der Waals surface area contributed by atoms with Crippen molar-refractivity contribution in [2.24, 2.45) is 0 Å². The molecule has 1 rings (SSSR count). The van der Waals surface area contributed by atoms with E-state index in [1.54, 1.807) is 0 Å². The summed E-state index contributed by atoms with van der Waals surface area (Å²) >= 11 is 0. The van der Waals surface area contributed by atoms with E-state index >= 15 is 0 Å². The SMILES string of the molecule is CCCCC(NC(=O)COc1ccc([N+](=O)[O-])c(OC)c1)C(=O)O. The van der Waals surface area contributed by atoms with Gasteiger partial charge in [0, 0.05) is 12.1 Å². The largest absolute Gasteiger partial charge is 0.490 e. The molecule has 132 valence electrons. The van der Waals surface area contributed by atoms with Gasteiger partial charge in [-0.3, -0.25) is 14.9 Å². The van der Waals surface area contributed by atoms with Gasteiger partial charge in [0.1, 0.15) is 11.8 Å². The van der Waals surface area contributed by atoms with Crippen LogP contribution in [0.15, 0.2) is 18.2 Å². The van der Waals surface area contributed by atoms with Crippen LogP contribution in [0.4, 0.5) is 5.69 Å². The standard InChI is InChI=1S/C15H20N2O7/c1-3-4-5-11(15(19)20)16-14(18)9-24-10-6-7-12(17(21)22)13(8-10)23-2/h6-8,11H,3-5,9H2,1-2H3,(H,16,18)(H,19,20). The molecule has 0 saturated heterocycles. The van der Waals surface area contributed by atoms with Crippen molar-refractivity contribution in [1.29, 1.82) is 0 Å². The van der Waals surface area contributed by atoms with Crippen molar-refractivity contribution in [2.45, 2.75) is 32.2 Å². The summed E-state index contributed by atoms with van der Waals surface area (Å²) in [5.41, 5.74) is -0.222. The molecule has 1 aromatic rings. The topological polar surface area (TPSA) is 128 Å². The lowest BCUT2D eigenvalue weighted by atomic mass is 10.1. The molecule has 1 atom stereocenters. The molecule has 0 spiro atoms. The van der Waals surface area contributed by atoms with Crippen LogP contribution in [0.25, 0.3) is 0 Å². The fraction of sp³-hybridized carbons (Fsp3) is 0.467. The third kappa shape index (κ3) is 5.75. The van der Waals surface area contributed by atoms with E-state index in [0.717, 1.165) is 6.42 Å². The molecule has 1 aromatic carbocycles. The fourth-order valence-electron chi connectivity index (χ4n) is 1.95. The van der Waals surface area contributed by atoms with Crippen LogP contribution in [0.1, 0.15) is 26.2 Å². The number of nitrogens with one attached hydrogen (secondary N) is 1. The fourth-order valence-corrected chi connectivity index (χ4v) is 1.95. The minimum atomic E-state index is -1.10. The van der Waals surface area contributed by atoms with Crippen molar-refractivity contribution >= 4 is 17.6 Å². The molecule has 0 aliphatic rings. The quantitative estimate of drug-likeness (QED) is 0.490. The van der Waals surface area contributed by atoms with Crippen molar-refractivity contribution in [3.05, 3.63) is 28.3 Å². The maximum Gasteiger partial charge on any atom is 0.326 e. The molecule has 0 fully saturated rings. The molecule has 0 heterocycles. The first-order valence-corrected chi connectivity index (χ1v) is 7.36. The van der Waals surface area contributed by atoms with Crippen molar-refractivity contribution in [3.63, 3.8) is 0 Å². The predicted molar refractivity (Wildman–Crippen MR) is 84.2 cm³/mol. The van der Waals surface area contributed by atoms with Gasteiger partial charge in [0.15, 0.2) is 6.61 Å². The number of carboxylic acids is 1. The summed E-state index contributed by atoms with van der Waals surface area (Å²) in [6, 6.07) is 2.86. The molecule has 0 aliphatic carbocycles. The Kier molecular flexibility index (Phi) is 7.47. The molecule has 1 unspecified atom stereocenters. The van der Waals surface area contributed by atoms with Crippen LogP contribution in [0.5, 0.6) is 11.5 Å². The van der Waals surface area contributed by atoms with E-state index in [4.69, 9.17) is 14.6 Å². The van der Waals surface area contributed by atoms with Crippen molar-refractivity contribution < 1.29 is 29.1 Å². The van der Waals surface area contributed by atoms with E-state index in [-0.39, 0.29) is 17.2 Å². The zero-order valence-corrected chi connectivity index (χ0v) is 13.5. The van der Waals surface area contributed by atoms with Crippen LogP contribution in [-0.2, 0) is 9.59 Å². The number of rotatable bonds is 10. The Labute approximate surface area is 138 Å². The Morgan fingerprint density at radius 3 is 2.67 bits per heavy atom. The van der Waals surface area contributed by atoms with E-state index in [1.807, 2.05) is 6.92 Å². The molecule has 1 amide bonds. The molecule has 24 heavy (non-hydrogen) atoms. The van der Waals surface area contributed by atoms with Gasteiger partial charge in [-0.05, 0) is 12.5 Å². The smallest absolute Gasteiger partial charge is 0.326 e. The average molecular weight is 340 g/mol. The van der Waals surface area contributed by atoms with Crippen LogP contribution in [0.2, 0.25) is 0 Å². The van der Waals surface area contributed by atoms with Gasteiger partial charge in [-0.2, -0.15) is 0 Å². The summed E-state index contributed by atoms with van der Waals surface area (Å²) in [4.78, 5) is 33.0. The second kappa shape index (κ2) is 9.33. The Morgan fingerprint density at radius 1 is 1.42 bits per heavy atom. The number of carboxylic acid groups (broad SMARTS) is 1. The third-order valence-electron chi connectivity index (χ3n) is 3.20. The van der Waals surface area contributed by atoms with Gasteiger partial charge in [0.25, 0.3) is 5.91 Å². The number of nitro groups is 1. The number of hydrogen-bond donors (Lipinski definition) is 2. The summed E-state index contributed by atoms with van der Waals surface area (Å²) in [7, 11) is 1.28. The number of ether oxygens (including phenoxy) is 2. The van der Waals surface area contributed by atoms with Crippen LogP contribution in [-0.4, -0.2) is 41.7 Å². The Morgan fingerprint density at radius 2 is 2.12 bits per heavy atom. The first-order valence-electron chi connectivity index (χ1n) is 7.36. The number of carbonyl (C=O) groups is 2. The maximum atomic E-state index is 11.8. The van der Waals surface area contributed by atoms with Gasteiger partial charge in [-0.25, -0.2) is 4.79 Å². The number of hydrogen-bond acceptors (Lipinski definition) is 6. The van der Waals surface area contributed by atoms with Gasteiger partial charge in [-0.15, -0.1) is 0 Å². The van der Waals surface area contributed by atoms with Gasteiger partial charge in [0.2, 0.25) is 5.75 Å². The molecule has 0 bridgehead atoms. The highest BCUT2D eigenvalue weighted by atomic mass is 16.6. The average Bonchev–Trinajstić information content (AvgIpc) is 2.55. The summed E-state index contributed by atoms with van der Waals surface area (Å²) in [6.45, 7) is 1.52.